The van der Waals surface area contributed by atoms with Crippen LogP contribution >= 0.6 is 24.0 Å². The zero-order valence-corrected chi connectivity index (χ0v) is 6.67. The molecule has 0 saturated heterocycles. The molecule has 0 aliphatic carbocycles. The van der Waals surface area contributed by atoms with Crippen molar-refractivity contribution in [1.82, 2.24) is 4.98 Å². The summed E-state index contributed by atoms with van der Waals surface area (Å²) in [5.41, 5.74) is 0. The maximum absolute atomic E-state index is 8.65. The summed E-state index contributed by atoms with van der Waals surface area (Å²) in [4.78, 5) is 4.85. The summed E-state index contributed by atoms with van der Waals surface area (Å²) in [5, 5.41) is 10.3. The lowest BCUT2D eigenvalue weighted by Gasteiger charge is -1.84. The molecule has 50 valence electrons. The van der Waals surface area contributed by atoms with E-state index in [1.165, 1.54) is 11.3 Å². The van der Waals surface area contributed by atoms with Gasteiger partial charge in [0.15, 0.2) is 0 Å². The molecule has 1 heterocycles. The second-order valence-electron chi connectivity index (χ2n) is 1.64. The van der Waals surface area contributed by atoms with Gasteiger partial charge in [-0.25, -0.2) is 4.98 Å². The maximum atomic E-state index is 8.65. The minimum Gasteiger partial charge on any atom is -0.391 e. The van der Waals surface area contributed by atoms with Gasteiger partial charge in [-0.15, -0.1) is 24.0 Å². The maximum Gasteiger partial charge on any atom is 0.110 e. The van der Waals surface area contributed by atoms with Crippen LogP contribution in [0.2, 0.25) is 0 Å². The Hall–Kier alpha value is -0.0600. The van der Waals surface area contributed by atoms with Gasteiger partial charge in [-0.2, -0.15) is 0 Å². The Kier molecular flexibility index (Phi) is 2.10. The van der Waals surface area contributed by atoms with E-state index in [1.807, 2.05) is 6.92 Å². The lowest BCUT2D eigenvalue weighted by Crippen LogP contribution is -1.76. The van der Waals surface area contributed by atoms with E-state index in [-0.39, 0.29) is 6.61 Å². The van der Waals surface area contributed by atoms with Crippen molar-refractivity contribution in [2.45, 2.75) is 18.6 Å². The number of nitrogens with zero attached hydrogens (tertiary/aromatic N) is 1. The number of aliphatic hydroxyl groups excluding tert-OH is 1. The van der Waals surface area contributed by atoms with Crippen LogP contribution in [0.1, 0.15) is 9.88 Å². The topological polar surface area (TPSA) is 33.1 Å². The summed E-state index contributed by atoms with van der Waals surface area (Å²) in [5.74, 6) is 0. The molecule has 0 aliphatic rings. The Morgan fingerprint density at radius 2 is 2.44 bits per heavy atom. The summed E-state index contributed by atoms with van der Waals surface area (Å²) >= 11 is 5.51. The predicted octanol–water partition coefficient (Wildman–Crippen LogP) is 1.23. The van der Waals surface area contributed by atoms with Crippen molar-refractivity contribution >= 4 is 24.0 Å². The molecule has 4 heteroatoms. The van der Waals surface area contributed by atoms with Crippen molar-refractivity contribution in [3.63, 3.8) is 0 Å². The lowest BCUT2D eigenvalue weighted by molar-refractivity contribution is 0.282. The highest BCUT2D eigenvalue weighted by Gasteiger charge is 2.01. The van der Waals surface area contributed by atoms with Crippen molar-refractivity contribution in [2.24, 2.45) is 0 Å². The van der Waals surface area contributed by atoms with Crippen molar-refractivity contribution < 1.29 is 5.11 Å². The van der Waals surface area contributed by atoms with Crippen LogP contribution < -0.4 is 0 Å². The molecule has 0 aliphatic heterocycles. The normalized spacial score (nSPS) is 10.1. The summed E-state index contributed by atoms with van der Waals surface area (Å²) in [6.07, 6.45) is 0. The SMILES string of the molecule is Cc1nc(S)c(CO)s1. The first kappa shape index (κ1) is 7.05. The predicted molar refractivity (Wildman–Crippen MR) is 40.0 cm³/mol. The molecule has 0 amide bonds. The van der Waals surface area contributed by atoms with E-state index in [0.29, 0.717) is 5.03 Å². The van der Waals surface area contributed by atoms with Crippen molar-refractivity contribution in [1.29, 1.82) is 0 Å². The number of aromatic nitrogens is 1. The number of hydrogen-bond donors (Lipinski definition) is 2. The van der Waals surface area contributed by atoms with Crippen molar-refractivity contribution in [3.8, 4) is 0 Å². The molecule has 0 unspecified atom stereocenters. The van der Waals surface area contributed by atoms with Crippen LogP contribution in [0.15, 0.2) is 5.03 Å². The Bertz CT molecular complexity index is 209. The van der Waals surface area contributed by atoms with Crippen molar-refractivity contribution in [3.05, 3.63) is 9.88 Å². The smallest absolute Gasteiger partial charge is 0.110 e. The molecule has 1 rings (SSSR count). The first-order valence-electron chi connectivity index (χ1n) is 2.50. The second-order valence-corrected chi connectivity index (χ2v) is 3.35. The molecule has 1 aromatic heterocycles. The molecule has 0 atom stereocenters. The summed E-state index contributed by atoms with van der Waals surface area (Å²) in [7, 11) is 0. The lowest BCUT2D eigenvalue weighted by atomic mass is 10.6. The van der Waals surface area contributed by atoms with Crippen LogP contribution in [0.25, 0.3) is 0 Å². The van der Waals surface area contributed by atoms with E-state index in [0.717, 1.165) is 9.88 Å². The Morgan fingerprint density at radius 1 is 1.78 bits per heavy atom. The van der Waals surface area contributed by atoms with E-state index >= 15 is 0 Å². The van der Waals surface area contributed by atoms with Gasteiger partial charge < -0.3 is 5.11 Å². The zero-order chi connectivity index (χ0) is 6.85. The van der Waals surface area contributed by atoms with Crippen LogP contribution in [0.5, 0.6) is 0 Å². The van der Waals surface area contributed by atoms with Gasteiger partial charge >= 0.3 is 0 Å². The molecule has 9 heavy (non-hydrogen) atoms. The van der Waals surface area contributed by atoms with Crippen molar-refractivity contribution in [2.75, 3.05) is 0 Å². The molecular weight excluding hydrogens is 154 g/mol. The van der Waals surface area contributed by atoms with Gasteiger partial charge in [-0.05, 0) is 6.92 Å². The number of rotatable bonds is 1. The van der Waals surface area contributed by atoms with E-state index in [9.17, 15) is 0 Å². The Balaban J connectivity index is 3.01. The van der Waals surface area contributed by atoms with Gasteiger partial charge in [0.25, 0.3) is 0 Å². The minimum atomic E-state index is 0.0460. The van der Waals surface area contributed by atoms with E-state index in [4.69, 9.17) is 5.11 Å². The first-order chi connectivity index (χ1) is 4.24. The van der Waals surface area contributed by atoms with Crippen LogP contribution in [0.4, 0.5) is 0 Å². The van der Waals surface area contributed by atoms with Gasteiger partial charge in [-0.3, -0.25) is 0 Å². The van der Waals surface area contributed by atoms with Crippen LogP contribution in [-0.2, 0) is 6.61 Å². The largest absolute Gasteiger partial charge is 0.391 e. The highest BCUT2D eigenvalue weighted by atomic mass is 32.1. The van der Waals surface area contributed by atoms with E-state index in [1.54, 1.807) is 0 Å². The molecule has 0 spiro atoms. The fraction of sp³-hybridized carbons (Fsp3) is 0.400. The molecule has 1 aromatic rings. The average molecular weight is 161 g/mol. The Labute approximate surface area is 63.0 Å². The van der Waals surface area contributed by atoms with Gasteiger partial charge in [0.1, 0.15) is 5.03 Å². The first-order valence-corrected chi connectivity index (χ1v) is 3.76. The van der Waals surface area contributed by atoms with Crippen LogP contribution in [0, 0.1) is 6.92 Å². The zero-order valence-electron chi connectivity index (χ0n) is 4.96. The molecule has 0 aromatic carbocycles. The summed E-state index contributed by atoms with van der Waals surface area (Å²) < 4.78 is 0. The number of thiazole rings is 1. The quantitative estimate of drug-likeness (QED) is 0.607. The molecule has 0 radical (unpaired) electrons. The number of thiol groups is 1. The second kappa shape index (κ2) is 2.68. The molecule has 0 bridgehead atoms. The van der Waals surface area contributed by atoms with Crippen LogP contribution in [-0.4, -0.2) is 10.1 Å². The van der Waals surface area contributed by atoms with Gasteiger partial charge in [0, 0.05) is 0 Å². The number of hydrogen-bond acceptors (Lipinski definition) is 4. The van der Waals surface area contributed by atoms with Crippen LogP contribution in [0.3, 0.4) is 0 Å². The highest BCUT2D eigenvalue weighted by molar-refractivity contribution is 7.80. The van der Waals surface area contributed by atoms with E-state index < -0.39 is 0 Å². The molecule has 1 N–H and O–H groups in total. The fourth-order valence-corrected chi connectivity index (χ4v) is 1.68. The molecule has 0 fully saturated rings. The third-order valence-corrected chi connectivity index (χ3v) is 2.40. The Morgan fingerprint density at radius 3 is 2.67 bits per heavy atom. The fourth-order valence-electron chi connectivity index (χ4n) is 0.561. The molecule has 2 nitrogen and oxygen atoms in total. The minimum absolute atomic E-state index is 0.0460. The number of aliphatic hydroxyl groups is 1. The highest BCUT2D eigenvalue weighted by Crippen LogP contribution is 2.20. The van der Waals surface area contributed by atoms with Gasteiger partial charge in [0.05, 0.1) is 16.5 Å². The summed E-state index contributed by atoms with van der Waals surface area (Å²) in [6, 6.07) is 0. The monoisotopic (exact) mass is 161 g/mol. The molecule has 0 saturated carbocycles. The average Bonchev–Trinajstić information content (AvgIpc) is 2.10. The van der Waals surface area contributed by atoms with E-state index in [2.05, 4.69) is 17.6 Å². The molecular formula is C5H7NOS2. The number of aryl methyl sites for hydroxylation is 1. The standard InChI is InChI=1S/C5H7NOS2/c1-3-6-5(8)4(2-7)9-3/h7-8H,2H2,1H3. The summed E-state index contributed by atoms with van der Waals surface area (Å²) in [6.45, 7) is 1.94. The van der Waals surface area contributed by atoms with Gasteiger partial charge in [-0.1, -0.05) is 0 Å². The van der Waals surface area contributed by atoms with Gasteiger partial charge in [0.2, 0.25) is 0 Å². The third-order valence-electron chi connectivity index (χ3n) is 0.927. The third kappa shape index (κ3) is 1.44.